The van der Waals surface area contributed by atoms with Crippen LogP contribution in [0.3, 0.4) is 0 Å². The van der Waals surface area contributed by atoms with Crippen LogP contribution in [0.2, 0.25) is 0 Å². The van der Waals surface area contributed by atoms with Crippen LogP contribution in [0.25, 0.3) is 0 Å². The minimum Gasteiger partial charge on any atom is -0.507 e. The Hall–Kier alpha value is -3.68. The summed E-state index contributed by atoms with van der Waals surface area (Å²) in [5, 5.41) is 26.6. The fourth-order valence-electron chi connectivity index (χ4n) is 4.13. The molecule has 0 bridgehead atoms. The van der Waals surface area contributed by atoms with Gasteiger partial charge in [0.15, 0.2) is 5.13 Å². The molecule has 0 saturated carbocycles. The number of aromatic nitrogens is 2. The molecule has 3 aromatic rings. The molecule has 1 aliphatic heterocycles. The third-order valence-corrected chi connectivity index (χ3v) is 8.67. The molecule has 0 unspecified atom stereocenters. The number of nitrogens with one attached hydrogen (secondary N) is 2. The first-order valence-electron chi connectivity index (χ1n) is 13.1. The molecule has 1 saturated heterocycles. The molecule has 13 heteroatoms. The van der Waals surface area contributed by atoms with Crippen LogP contribution < -0.4 is 10.6 Å². The van der Waals surface area contributed by atoms with Crippen molar-refractivity contribution in [2.24, 2.45) is 5.41 Å². The maximum atomic E-state index is 13.1. The first kappa shape index (κ1) is 30.3. The quantitative estimate of drug-likeness (QED) is 0.305. The number of phenolic OH excluding ortho intramolecular Hbond substituents is 1. The topological polar surface area (TPSA) is 148 Å². The summed E-state index contributed by atoms with van der Waals surface area (Å²) in [5.74, 6) is -0.317. The highest BCUT2D eigenvalue weighted by molar-refractivity contribution is 8.01. The maximum absolute atomic E-state index is 13.1. The summed E-state index contributed by atoms with van der Waals surface area (Å²) in [6.07, 6.45) is 1.69. The molecule has 0 aliphatic carbocycles. The number of aliphatic hydroxyl groups excluding tert-OH is 1. The molecular formula is C28H34N6O5S2. The van der Waals surface area contributed by atoms with Crippen molar-refractivity contribution in [1.82, 2.24) is 25.1 Å². The SMILES string of the molecule is CC(=O)N1CCN(C(=O)c2cc(Sc3cnc(Nc4cccc(C(=O)N[C@H](CO)C(C)(C)C)n4)s3)ccc2O)CC1. The van der Waals surface area contributed by atoms with E-state index in [9.17, 15) is 24.6 Å². The van der Waals surface area contributed by atoms with E-state index in [0.717, 1.165) is 9.10 Å². The van der Waals surface area contributed by atoms with Gasteiger partial charge >= 0.3 is 0 Å². The van der Waals surface area contributed by atoms with Crippen molar-refractivity contribution in [2.75, 3.05) is 38.1 Å². The van der Waals surface area contributed by atoms with Crippen LogP contribution in [0.5, 0.6) is 5.75 Å². The number of hydrogen-bond donors (Lipinski definition) is 4. The summed E-state index contributed by atoms with van der Waals surface area (Å²) in [6.45, 7) is 8.91. The number of rotatable bonds is 8. The molecule has 3 amide bonds. The second-order valence-corrected chi connectivity index (χ2v) is 13.1. The van der Waals surface area contributed by atoms with Gasteiger partial charge in [-0.3, -0.25) is 14.4 Å². The molecule has 1 fully saturated rings. The monoisotopic (exact) mass is 598 g/mol. The minimum absolute atomic E-state index is 0.0157. The molecule has 0 radical (unpaired) electrons. The Labute approximate surface area is 247 Å². The Kier molecular flexibility index (Phi) is 9.51. The Bertz CT molecular complexity index is 1410. The lowest BCUT2D eigenvalue weighted by Gasteiger charge is -2.34. The average molecular weight is 599 g/mol. The number of thiazole rings is 1. The van der Waals surface area contributed by atoms with Crippen LogP contribution in [0, 0.1) is 5.41 Å². The number of aliphatic hydroxyl groups is 1. The Morgan fingerprint density at radius 2 is 1.80 bits per heavy atom. The Morgan fingerprint density at radius 3 is 2.46 bits per heavy atom. The number of benzene rings is 1. The highest BCUT2D eigenvalue weighted by Crippen LogP contribution is 2.36. The van der Waals surface area contributed by atoms with Crippen molar-refractivity contribution in [3.63, 3.8) is 0 Å². The number of aromatic hydroxyl groups is 1. The molecule has 0 spiro atoms. The lowest BCUT2D eigenvalue weighted by Crippen LogP contribution is -2.50. The van der Waals surface area contributed by atoms with E-state index in [1.807, 2.05) is 20.8 Å². The molecule has 3 heterocycles. The molecule has 11 nitrogen and oxygen atoms in total. The number of pyridine rings is 1. The van der Waals surface area contributed by atoms with Crippen molar-refractivity contribution in [3.05, 3.63) is 53.9 Å². The van der Waals surface area contributed by atoms with Gasteiger partial charge in [0.1, 0.15) is 17.3 Å². The molecule has 218 valence electrons. The van der Waals surface area contributed by atoms with Crippen LogP contribution in [0.1, 0.15) is 48.5 Å². The van der Waals surface area contributed by atoms with Crippen molar-refractivity contribution in [2.45, 2.75) is 42.8 Å². The van der Waals surface area contributed by atoms with E-state index in [4.69, 9.17) is 0 Å². The van der Waals surface area contributed by atoms with E-state index in [0.29, 0.717) is 37.1 Å². The van der Waals surface area contributed by atoms with Crippen molar-refractivity contribution >= 4 is 51.8 Å². The first-order chi connectivity index (χ1) is 19.4. The molecule has 41 heavy (non-hydrogen) atoms. The number of piperazine rings is 1. The van der Waals surface area contributed by atoms with Gasteiger partial charge in [-0.1, -0.05) is 49.9 Å². The predicted molar refractivity (Wildman–Crippen MR) is 158 cm³/mol. The minimum atomic E-state index is -0.417. The smallest absolute Gasteiger partial charge is 0.270 e. The zero-order chi connectivity index (χ0) is 29.7. The molecule has 4 rings (SSSR count). The fourth-order valence-corrected chi connectivity index (χ4v) is 6.03. The third kappa shape index (κ3) is 7.75. The fraction of sp³-hybridized carbons (Fsp3) is 0.393. The Morgan fingerprint density at radius 1 is 1.10 bits per heavy atom. The van der Waals surface area contributed by atoms with Crippen LogP contribution in [-0.4, -0.2) is 86.5 Å². The van der Waals surface area contributed by atoms with Gasteiger partial charge in [0.05, 0.1) is 28.6 Å². The molecule has 1 aromatic carbocycles. The second kappa shape index (κ2) is 12.9. The Balaban J connectivity index is 1.40. The zero-order valence-corrected chi connectivity index (χ0v) is 25.0. The van der Waals surface area contributed by atoms with Crippen LogP contribution in [0.15, 0.2) is 51.7 Å². The third-order valence-electron chi connectivity index (χ3n) is 6.66. The van der Waals surface area contributed by atoms with Crippen molar-refractivity contribution < 1.29 is 24.6 Å². The van der Waals surface area contributed by atoms with Gasteiger partial charge in [-0.25, -0.2) is 9.97 Å². The van der Waals surface area contributed by atoms with Gasteiger partial charge in [0.2, 0.25) is 5.91 Å². The van der Waals surface area contributed by atoms with E-state index in [1.165, 1.54) is 36.1 Å². The predicted octanol–water partition coefficient (Wildman–Crippen LogP) is 3.58. The largest absolute Gasteiger partial charge is 0.507 e. The van der Waals surface area contributed by atoms with Gasteiger partial charge in [-0.05, 0) is 35.7 Å². The van der Waals surface area contributed by atoms with E-state index < -0.39 is 6.04 Å². The normalized spacial score (nSPS) is 14.5. The summed E-state index contributed by atoms with van der Waals surface area (Å²) in [7, 11) is 0. The average Bonchev–Trinajstić information content (AvgIpc) is 3.38. The molecule has 2 aromatic heterocycles. The lowest BCUT2D eigenvalue weighted by molar-refractivity contribution is -0.130. The summed E-state index contributed by atoms with van der Waals surface area (Å²) in [5.41, 5.74) is 0.114. The van der Waals surface area contributed by atoms with Crippen LogP contribution >= 0.6 is 23.1 Å². The molecule has 1 aliphatic rings. The van der Waals surface area contributed by atoms with Crippen LogP contribution in [-0.2, 0) is 4.79 Å². The summed E-state index contributed by atoms with van der Waals surface area (Å²) < 4.78 is 0.844. The van der Waals surface area contributed by atoms with Crippen molar-refractivity contribution in [1.29, 1.82) is 0 Å². The number of carbonyl (C=O) groups is 3. The number of carbonyl (C=O) groups excluding carboxylic acids is 3. The van der Waals surface area contributed by atoms with E-state index in [2.05, 4.69) is 20.6 Å². The first-order valence-corrected chi connectivity index (χ1v) is 14.7. The maximum Gasteiger partial charge on any atom is 0.270 e. The summed E-state index contributed by atoms with van der Waals surface area (Å²) >= 11 is 2.78. The zero-order valence-electron chi connectivity index (χ0n) is 23.4. The number of nitrogens with zero attached hydrogens (tertiary/aromatic N) is 4. The van der Waals surface area contributed by atoms with Crippen LogP contribution in [0.4, 0.5) is 10.9 Å². The van der Waals surface area contributed by atoms with Gasteiger partial charge in [-0.15, -0.1) is 0 Å². The lowest BCUT2D eigenvalue weighted by atomic mass is 9.87. The summed E-state index contributed by atoms with van der Waals surface area (Å²) in [4.78, 5) is 50.3. The van der Waals surface area contributed by atoms with E-state index in [-0.39, 0.29) is 46.8 Å². The van der Waals surface area contributed by atoms with E-state index >= 15 is 0 Å². The highest BCUT2D eigenvalue weighted by Gasteiger charge is 2.27. The number of phenols is 1. The van der Waals surface area contributed by atoms with Gasteiger partial charge < -0.3 is 30.6 Å². The highest BCUT2D eigenvalue weighted by atomic mass is 32.2. The molecule has 4 N–H and O–H groups in total. The number of hydrogen-bond acceptors (Lipinski definition) is 10. The van der Waals surface area contributed by atoms with Gasteiger partial charge in [0.25, 0.3) is 11.8 Å². The number of anilines is 2. The standard InChI is InChI=1S/C28H34N6O5S2/c1-17(36)33-10-12-34(13-11-33)26(39)19-14-18(8-9-21(19)37)40-24-15-29-27(41-24)32-23-7-5-6-20(30-23)25(38)31-22(16-35)28(2,3)4/h5-9,14-15,22,35,37H,10-13,16H2,1-4H3,(H,31,38)(H,29,30,32)/t22-/m1/s1. The molecule has 1 atom stereocenters. The second-order valence-electron chi connectivity index (χ2n) is 10.7. The number of amides is 3. The van der Waals surface area contributed by atoms with E-state index in [1.54, 1.807) is 46.3 Å². The summed E-state index contributed by atoms with van der Waals surface area (Å²) in [6, 6.07) is 9.53. The van der Waals surface area contributed by atoms with Gasteiger partial charge in [-0.2, -0.15) is 0 Å². The molecular weight excluding hydrogens is 564 g/mol. The van der Waals surface area contributed by atoms with Gasteiger partial charge in [0, 0.05) is 38.0 Å². The van der Waals surface area contributed by atoms with Crippen molar-refractivity contribution in [3.8, 4) is 5.75 Å².